The van der Waals surface area contributed by atoms with Crippen molar-refractivity contribution in [1.82, 2.24) is 9.97 Å². The monoisotopic (exact) mass is 294 g/mol. The van der Waals surface area contributed by atoms with Gasteiger partial charge in [-0.15, -0.1) is 0 Å². The molecule has 0 bridgehead atoms. The van der Waals surface area contributed by atoms with E-state index in [0.29, 0.717) is 6.07 Å². The smallest absolute Gasteiger partial charge is 0.434 e. The summed E-state index contributed by atoms with van der Waals surface area (Å²) in [6.07, 6.45) is -4.97. The van der Waals surface area contributed by atoms with E-state index >= 15 is 0 Å². The maximum atomic E-state index is 13.1. The Morgan fingerprint density at radius 2 is 1.89 bits per heavy atom. The van der Waals surface area contributed by atoms with Crippen molar-refractivity contribution in [2.24, 2.45) is 0 Å². The second-order valence-corrected chi connectivity index (χ2v) is 3.85. The number of rotatable bonds is 1. The van der Waals surface area contributed by atoms with E-state index < -0.39 is 40.0 Å². The predicted octanol–water partition coefficient (Wildman–Crippen LogP) is 3.14. The molecule has 0 aliphatic rings. The molecule has 0 aliphatic carbocycles. The molecule has 0 atom stereocenters. The van der Waals surface area contributed by atoms with E-state index in [0.717, 1.165) is 6.07 Å². The van der Waals surface area contributed by atoms with E-state index in [-0.39, 0.29) is 5.39 Å². The van der Waals surface area contributed by atoms with Crippen molar-refractivity contribution >= 4 is 28.6 Å². The van der Waals surface area contributed by atoms with Crippen LogP contribution in [0.5, 0.6) is 0 Å². The van der Waals surface area contributed by atoms with Crippen molar-refractivity contribution in [3.8, 4) is 0 Å². The molecule has 0 saturated carbocycles. The number of alkyl halides is 3. The summed E-state index contributed by atoms with van der Waals surface area (Å²) in [7, 11) is 0. The van der Waals surface area contributed by atoms with Crippen molar-refractivity contribution in [2.75, 3.05) is 0 Å². The highest BCUT2D eigenvalue weighted by molar-refractivity contribution is 6.29. The van der Waals surface area contributed by atoms with Gasteiger partial charge >= 0.3 is 12.1 Å². The van der Waals surface area contributed by atoms with Gasteiger partial charge in [0, 0.05) is 5.39 Å². The molecule has 2 aromatic heterocycles. The van der Waals surface area contributed by atoms with Crippen LogP contribution in [0.15, 0.2) is 12.1 Å². The molecule has 0 aliphatic heterocycles. The topological polar surface area (TPSA) is 63.1 Å². The minimum atomic E-state index is -4.97. The van der Waals surface area contributed by atoms with Gasteiger partial charge in [0.1, 0.15) is 0 Å². The van der Waals surface area contributed by atoms with Gasteiger partial charge in [-0.2, -0.15) is 13.2 Å². The van der Waals surface area contributed by atoms with E-state index in [2.05, 4.69) is 9.97 Å². The molecule has 2 rings (SSSR count). The van der Waals surface area contributed by atoms with Crippen LogP contribution in [-0.4, -0.2) is 21.0 Å². The predicted molar refractivity (Wildman–Crippen MR) is 56.5 cm³/mol. The van der Waals surface area contributed by atoms with Crippen molar-refractivity contribution in [2.45, 2.75) is 6.18 Å². The lowest BCUT2D eigenvalue weighted by molar-refractivity contribution is -0.141. The van der Waals surface area contributed by atoms with Crippen LogP contribution < -0.4 is 0 Å². The van der Waals surface area contributed by atoms with Gasteiger partial charge in [0.25, 0.3) is 0 Å². The van der Waals surface area contributed by atoms with Gasteiger partial charge in [0.15, 0.2) is 22.3 Å². The van der Waals surface area contributed by atoms with Crippen LogP contribution >= 0.6 is 11.6 Å². The second-order valence-electron chi connectivity index (χ2n) is 3.50. The fraction of sp³-hybridized carbons (Fsp3) is 0.100. The summed E-state index contributed by atoms with van der Waals surface area (Å²) >= 11 is 5.33. The number of carbonyl (C=O) groups is 1. The van der Waals surface area contributed by atoms with Gasteiger partial charge in [-0.3, -0.25) is 0 Å². The summed E-state index contributed by atoms with van der Waals surface area (Å²) in [6.45, 7) is 0. The Morgan fingerprint density at radius 1 is 1.26 bits per heavy atom. The first-order valence-electron chi connectivity index (χ1n) is 4.67. The number of fused-ring (bicyclic) bond motifs is 1. The molecule has 0 radical (unpaired) electrons. The molecule has 100 valence electrons. The SMILES string of the molecule is O=C(O)c1cc2cc(F)c(Cl)nc2nc1C(F)(F)F. The molecular formula is C10H3ClF4N2O2. The molecule has 2 heterocycles. The van der Waals surface area contributed by atoms with E-state index in [1.54, 1.807) is 0 Å². The van der Waals surface area contributed by atoms with Gasteiger partial charge in [-0.1, -0.05) is 11.6 Å². The average Bonchev–Trinajstić information content (AvgIpc) is 2.27. The Labute approximate surface area is 107 Å². The Kier molecular flexibility index (Phi) is 3.05. The quantitative estimate of drug-likeness (QED) is 0.648. The Morgan fingerprint density at radius 3 is 2.42 bits per heavy atom. The highest BCUT2D eigenvalue weighted by Gasteiger charge is 2.38. The summed E-state index contributed by atoms with van der Waals surface area (Å²) in [5.41, 5.74) is -3.17. The van der Waals surface area contributed by atoms with Crippen molar-refractivity contribution in [3.05, 3.63) is 34.4 Å². The van der Waals surface area contributed by atoms with Gasteiger partial charge < -0.3 is 5.11 Å². The summed E-state index contributed by atoms with van der Waals surface area (Å²) in [6, 6.07) is 1.42. The first-order valence-corrected chi connectivity index (χ1v) is 5.05. The van der Waals surface area contributed by atoms with Crippen molar-refractivity contribution < 1.29 is 27.5 Å². The Balaban J connectivity index is 2.84. The number of carboxylic acids is 1. The molecular weight excluding hydrogens is 292 g/mol. The lowest BCUT2D eigenvalue weighted by Crippen LogP contribution is -2.15. The van der Waals surface area contributed by atoms with E-state index in [9.17, 15) is 22.4 Å². The van der Waals surface area contributed by atoms with Crippen molar-refractivity contribution in [3.63, 3.8) is 0 Å². The van der Waals surface area contributed by atoms with Crippen LogP contribution in [0.2, 0.25) is 5.15 Å². The number of hydrogen-bond acceptors (Lipinski definition) is 3. The molecule has 0 spiro atoms. The maximum absolute atomic E-state index is 13.1. The zero-order valence-corrected chi connectivity index (χ0v) is 9.55. The van der Waals surface area contributed by atoms with E-state index in [4.69, 9.17) is 16.7 Å². The number of halogens is 5. The third kappa shape index (κ3) is 2.43. The molecule has 0 saturated heterocycles. The van der Waals surface area contributed by atoms with Gasteiger partial charge in [0.05, 0.1) is 5.56 Å². The number of aromatic carboxylic acids is 1. The highest BCUT2D eigenvalue weighted by Crippen LogP contribution is 2.32. The van der Waals surface area contributed by atoms with Crippen LogP contribution in [0.3, 0.4) is 0 Å². The standard InChI is InChI=1S/C10H3ClF4N2O2/c11-7-5(12)2-3-1-4(9(18)19)6(10(13,14)15)16-8(3)17-7/h1-2H,(H,18,19). The van der Waals surface area contributed by atoms with Gasteiger partial charge in [0.2, 0.25) is 0 Å². The summed E-state index contributed by atoms with van der Waals surface area (Å²) in [5.74, 6) is -2.80. The first kappa shape index (κ1) is 13.5. The number of nitrogens with zero attached hydrogens (tertiary/aromatic N) is 2. The lowest BCUT2D eigenvalue weighted by Gasteiger charge is -2.10. The summed E-state index contributed by atoms with van der Waals surface area (Å²) in [5, 5.41) is 7.90. The summed E-state index contributed by atoms with van der Waals surface area (Å²) < 4.78 is 51.1. The average molecular weight is 295 g/mol. The number of aromatic nitrogens is 2. The van der Waals surface area contributed by atoms with Crippen LogP contribution in [0.4, 0.5) is 17.6 Å². The lowest BCUT2D eigenvalue weighted by atomic mass is 10.1. The van der Waals surface area contributed by atoms with Crippen LogP contribution in [0.1, 0.15) is 16.1 Å². The number of pyridine rings is 2. The van der Waals surface area contributed by atoms with Crippen LogP contribution in [0, 0.1) is 5.82 Å². The largest absolute Gasteiger partial charge is 0.478 e. The van der Waals surface area contributed by atoms with Crippen LogP contribution in [0.25, 0.3) is 11.0 Å². The Hall–Kier alpha value is -1.96. The van der Waals surface area contributed by atoms with E-state index in [1.165, 1.54) is 0 Å². The third-order valence-electron chi connectivity index (χ3n) is 2.21. The zero-order chi connectivity index (χ0) is 14.4. The molecule has 9 heteroatoms. The summed E-state index contributed by atoms with van der Waals surface area (Å²) in [4.78, 5) is 17.2. The fourth-order valence-corrected chi connectivity index (χ4v) is 1.57. The molecule has 0 unspecified atom stereocenters. The van der Waals surface area contributed by atoms with Gasteiger partial charge in [-0.05, 0) is 12.1 Å². The Bertz CT molecular complexity index is 687. The molecule has 19 heavy (non-hydrogen) atoms. The number of carboxylic acid groups (broad SMARTS) is 1. The normalized spacial score (nSPS) is 11.8. The number of hydrogen-bond donors (Lipinski definition) is 1. The van der Waals surface area contributed by atoms with E-state index in [1.807, 2.05) is 0 Å². The minimum absolute atomic E-state index is 0.188. The van der Waals surface area contributed by atoms with Crippen molar-refractivity contribution in [1.29, 1.82) is 0 Å². The maximum Gasteiger partial charge on any atom is 0.434 e. The highest BCUT2D eigenvalue weighted by atomic mass is 35.5. The second kappa shape index (κ2) is 4.30. The molecule has 0 fully saturated rings. The fourth-order valence-electron chi connectivity index (χ4n) is 1.44. The minimum Gasteiger partial charge on any atom is -0.478 e. The molecule has 2 aromatic rings. The molecule has 1 N–H and O–H groups in total. The third-order valence-corrected chi connectivity index (χ3v) is 2.48. The van der Waals surface area contributed by atoms with Crippen LogP contribution in [-0.2, 0) is 6.18 Å². The molecule has 0 amide bonds. The first-order chi connectivity index (χ1) is 8.70. The molecule has 4 nitrogen and oxygen atoms in total. The molecule has 0 aromatic carbocycles. The van der Waals surface area contributed by atoms with Gasteiger partial charge in [-0.25, -0.2) is 19.2 Å². The zero-order valence-electron chi connectivity index (χ0n) is 8.79.